The lowest BCUT2D eigenvalue weighted by Gasteiger charge is -2.10. The molecule has 3 rings (SSSR count). The largest absolute Gasteiger partial charge is 0.485 e. The van der Waals surface area contributed by atoms with Crippen molar-refractivity contribution in [2.24, 2.45) is 7.05 Å². The van der Waals surface area contributed by atoms with Gasteiger partial charge in [0, 0.05) is 7.05 Å². The van der Waals surface area contributed by atoms with E-state index in [2.05, 4.69) is 31.0 Å². The Labute approximate surface area is 141 Å². The number of benzene rings is 1. The lowest BCUT2D eigenvalue weighted by molar-refractivity contribution is 0.102. The van der Waals surface area contributed by atoms with Crippen LogP contribution in [0.5, 0.6) is 5.75 Å². The molecule has 0 aliphatic heterocycles. The second kappa shape index (κ2) is 7.13. The minimum atomic E-state index is -0.305. The molecule has 2 heterocycles. The molecule has 0 aliphatic rings. The van der Waals surface area contributed by atoms with Gasteiger partial charge < -0.3 is 4.74 Å². The summed E-state index contributed by atoms with van der Waals surface area (Å²) in [6, 6.07) is 6.96. The summed E-state index contributed by atoms with van der Waals surface area (Å²) in [6.07, 6.45) is 0.777. The maximum absolute atomic E-state index is 12.5. The van der Waals surface area contributed by atoms with Gasteiger partial charge in [-0.05, 0) is 29.0 Å². The number of para-hydroxylation sites is 1. The Morgan fingerprint density at radius 1 is 1.29 bits per heavy atom. The molecule has 1 aromatic carbocycles. The smallest absolute Gasteiger partial charge is 0.261 e. The number of nitrogens with zero attached hydrogens (tertiary/aromatic N) is 6. The Morgan fingerprint density at radius 2 is 2.12 bits per heavy atom. The summed E-state index contributed by atoms with van der Waals surface area (Å²) in [5.41, 5.74) is 0.404. The van der Waals surface area contributed by atoms with Crippen LogP contribution in [-0.4, -0.2) is 36.3 Å². The van der Waals surface area contributed by atoms with Crippen LogP contribution < -0.4 is 10.1 Å². The molecule has 0 spiro atoms. The molecule has 0 fully saturated rings. The fourth-order valence-electron chi connectivity index (χ4n) is 1.90. The number of nitrogens with one attached hydrogen (secondary N) is 1. The molecule has 1 N–H and O–H groups in total. The molecular formula is C14H15N7O2S. The van der Waals surface area contributed by atoms with Crippen molar-refractivity contribution in [3.05, 3.63) is 40.7 Å². The summed E-state index contributed by atoms with van der Waals surface area (Å²) < 4.78 is 7.20. The van der Waals surface area contributed by atoms with E-state index in [1.54, 1.807) is 31.3 Å². The molecule has 9 nitrogen and oxygen atoms in total. The first-order valence-electron chi connectivity index (χ1n) is 7.24. The molecule has 124 valence electrons. The number of amides is 1. The number of tetrazole rings is 1. The molecule has 0 radical (unpaired) electrons. The summed E-state index contributed by atoms with van der Waals surface area (Å²) in [5.74, 6) is 0.695. The third kappa shape index (κ3) is 3.54. The van der Waals surface area contributed by atoms with Crippen LogP contribution in [0.3, 0.4) is 0 Å². The number of hydrogen-bond acceptors (Lipinski definition) is 8. The van der Waals surface area contributed by atoms with Crippen molar-refractivity contribution >= 4 is 22.4 Å². The van der Waals surface area contributed by atoms with Gasteiger partial charge in [0.15, 0.2) is 5.82 Å². The number of anilines is 1. The molecule has 0 atom stereocenters. The van der Waals surface area contributed by atoms with Crippen molar-refractivity contribution < 1.29 is 9.53 Å². The van der Waals surface area contributed by atoms with Crippen LogP contribution in [0.1, 0.15) is 28.1 Å². The minimum Gasteiger partial charge on any atom is -0.485 e. The second-order valence-corrected chi connectivity index (χ2v) is 5.87. The van der Waals surface area contributed by atoms with Gasteiger partial charge in [-0.25, -0.2) is 4.68 Å². The van der Waals surface area contributed by atoms with Crippen LogP contribution in [0.15, 0.2) is 24.3 Å². The van der Waals surface area contributed by atoms with E-state index >= 15 is 0 Å². The zero-order valence-corrected chi connectivity index (χ0v) is 13.9. The van der Waals surface area contributed by atoms with E-state index in [1.807, 2.05) is 6.92 Å². The molecule has 0 unspecified atom stereocenters. The van der Waals surface area contributed by atoms with E-state index in [0.717, 1.165) is 11.4 Å². The molecular weight excluding hydrogens is 330 g/mol. The third-order valence-electron chi connectivity index (χ3n) is 3.19. The van der Waals surface area contributed by atoms with Gasteiger partial charge in [-0.3, -0.25) is 10.1 Å². The van der Waals surface area contributed by atoms with Crippen molar-refractivity contribution in [1.29, 1.82) is 0 Å². The first kappa shape index (κ1) is 16.0. The summed E-state index contributed by atoms with van der Waals surface area (Å²) >= 11 is 1.35. The molecule has 1 amide bonds. The first-order chi connectivity index (χ1) is 11.7. The predicted molar refractivity (Wildman–Crippen MR) is 86.8 cm³/mol. The minimum absolute atomic E-state index is 0.159. The van der Waals surface area contributed by atoms with Gasteiger partial charge in [0.05, 0.1) is 5.56 Å². The number of ether oxygens (including phenoxy) is 1. The van der Waals surface area contributed by atoms with Crippen LogP contribution in [0.2, 0.25) is 0 Å². The fourth-order valence-corrected chi connectivity index (χ4v) is 2.58. The highest BCUT2D eigenvalue weighted by Gasteiger charge is 2.15. The van der Waals surface area contributed by atoms with Crippen molar-refractivity contribution in [3.8, 4) is 5.75 Å². The Bertz CT molecular complexity index is 845. The van der Waals surface area contributed by atoms with E-state index in [1.165, 1.54) is 16.0 Å². The fraction of sp³-hybridized carbons (Fsp3) is 0.286. The van der Waals surface area contributed by atoms with Crippen molar-refractivity contribution in [1.82, 2.24) is 30.4 Å². The van der Waals surface area contributed by atoms with Crippen molar-refractivity contribution in [2.75, 3.05) is 5.32 Å². The lowest BCUT2D eigenvalue weighted by Crippen LogP contribution is -2.14. The van der Waals surface area contributed by atoms with E-state index < -0.39 is 0 Å². The van der Waals surface area contributed by atoms with Gasteiger partial charge in [0.2, 0.25) is 5.13 Å². The average Bonchev–Trinajstić information content (AvgIpc) is 3.22. The van der Waals surface area contributed by atoms with Crippen LogP contribution in [0.25, 0.3) is 0 Å². The Kier molecular flexibility index (Phi) is 4.75. The Hall–Kier alpha value is -2.88. The maximum Gasteiger partial charge on any atom is 0.261 e. The predicted octanol–water partition coefficient (Wildman–Crippen LogP) is 1.46. The quantitative estimate of drug-likeness (QED) is 0.720. The molecule has 10 heteroatoms. The summed E-state index contributed by atoms with van der Waals surface area (Å²) in [4.78, 5) is 12.5. The van der Waals surface area contributed by atoms with Crippen LogP contribution >= 0.6 is 11.3 Å². The second-order valence-electron chi connectivity index (χ2n) is 4.81. The highest BCUT2D eigenvalue weighted by atomic mass is 32.1. The summed E-state index contributed by atoms with van der Waals surface area (Å²) in [6.45, 7) is 2.14. The lowest BCUT2D eigenvalue weighted by atomic mass is 10.2. The van der Waals surface area contributed by atoms with Crippen molar-refractivity contribution in [2.45, 2.75) is 20.0 Å². The normalized spacial score (nSPS) is 10.6. The highest BCUT2D eigenvalue weighted by molar-refractivity contribution is 7.15. The number of carbonyl (C=O) groups is 1. The van der Waals surface area contributed by atoms with Gasteiger partial charge in [0.1, 0.15) is 17.4 Å². The number of hydrogen-bond donors (Lipinski definition) is 1. The SMILES string of the molecule is CCc1nnc(NC(=O)c2ccccc2OCc2nnnn2C)s1. The molecule has 3 aromatic rings. The molecule has 0 bridgehead atoms. The monoisotopic (exact) mass is 345 g/mol. The topological polar surface area (TPSA) is 108 Å². The van der Waals surface area contributed by atoms with E-state index in [9.17, 15) is 4.79 Å². The van der Waals surface area contributed by atoms with E-state index in [4.69, 9.17) is 4.74 Å². The van der Waals surface area contributed by atoms with Crippen LogP contribution in [0.4, 0.5) is 5.13 Å². The number of aryl methyl sites for hydroxylation is 2. The molecule has 0 aliphatic carbocycles. The van der Waals surface area contributed by atoms with Crippen molar-refractivity contribution in [3.63, 3.8) is 0 Å². The zero-order valence-electron chi connectivity index (χ0n) is 13.1. The zero-order chi connectivity index (χ0) is 16.9. The number of rotatable bonds is 6. The molecule has 2 aromatic heterocycles. The molecule has 0 saturated carbocycles. The molecule has 24 heavy (non-hydrogen) atoms. The standard InChI is InChI=1S/C14H15N7O2S/c1-3-12-17-18-14(24-12)15-13(22)9-6-4-5-7-10(9)23-8-11-16-19-20-21(11)2/h4-7H,3,8H2,1-2H3,(H,15,18,22). The number of carbonyl (C=O) groups excluding carboxylic acids is 1. The maximum atomic E-state index is 12.5. The third-order valence-corrected chi connectivity index (χ3v) is 4.17. The first-order valence-corrected chi connectivity index (χ1v) is 8.05. The van der Waals surface area contributed by atoms with Gasteiger partial charge in [-0.2, -0.15) is 0 Å². The van der Waals surface area contributed by atoms with Crippen LogP contribution in [0, 0.1) is 0 Å². The van der Waals surface area contributed by atoms with E-state index in [0.29, 0.717) is 22.3 Å². The molecule has 0 saturated heterocycles. The van der Waals surface area contributed by atoms with Gasteiger partial charge in [-0.1, -0.05) is 30.4 Å². The van der Waals surface area contributed by atoms with Gasteiger partial charge in [0.25, 0.3) is 5.91 Å². The Balaban J connectivity index is 1.73. The summed E-state index contributed by atoms with van der Waals surface area (Å²) in [5, 5.41) is 23.1. The van der Waals surface area contributed by atoms with Gasteiger partial charge >= 0.3 is 0 Å². The van der Waals surface area contributed by atoms with Gasteiger partial charge in [-0.15, -0.1) is 15.3 Å². The Morgan fingerprint density at radius 3 is 2.83 bits per heavy atom. The summed E-state index contributed by atoms with van der Waals surface area (Å²) in [7, 11) is 1.72. The van der Waals surface area contributed by atoms with E-state index in [-0.39, 0.29) is 12.5 Å². The van der Waals surface area contributed by atoms with Crippen LogP contribution in [-0.2, 0) is 20.1 Å². The average molecular weight is 345 g/mol. The number of aromatic nitrogens is 6. The highest BCUT2D eigenvalue weighted by Crippen LogP contribution is 2.22.